The van der Waals surface area contributed by atoms with Crippen molar-refractivity contribution >= 4 is 5.91 Å². The minimum Gasteiger partial charge on any atom is -0.352 e. The molecule has 0 atom stereocenters. The summed E-state index contributed by atoms with van der Waals surface area (Å²) < 4.78 is 0. The van der Waals surface area contributed by atoms with Crippen LogP contribution in [-0.2, 0) is 12.8 Å². The first kappa shape index (κ1) is 15.0. The molecule has 0 saturated heterocycles. The number of hydrogen-bond acceptors (Lipinski definition) is 2. The van der Waals surface area contributed by atoms with Crippen LogP contribution in [0.3, 0.4) is 0 Å². The molecule has 4 heteroatoms. The minimum absolute atomic E-state index is 0.178. The van der Waals surface area contributed by atoms with Gasteiger partial charge in [-0.3, -0.25) is 9.59 Å². The molecule has 0 spiro atoms. The van der Waals surface area contributed by atoms with Crippen molar-refractivity contribution in [3.63, 3.8) is 0 Å². The lowest BCUT2D eigenvalue weighted by Crippen LogP contribution is -2.31. The van der Waals surface area contributed by atoms with E-state index in [-0.39, 0.29) is 17.0 Å². The first-order chi connectivity index (χ1) is 10.1. The van der Waals surface area contributed by atoms with Gasteiger partial charge in [0.2, 0.25) is 0 Å². The molecule has 0 bridgehead atoms. The Morgan fingerprint density at radius 1 is 1.24 bits per heavy atom. The van der Waals surface area contributed by atoms with Crippen LogP contribution in [-0.4, -0.2) is 17.4 Å². The van der Waals surface area contributed by atoms with E-state index < -0.39 is 0 Å². The molecule has 0 saturated carbocycles. The molecular weight excluding hydrogens is 264 g/mol. The fourth-order valence-corrected chi connectivity index (χ4v) is 2.27. The van der Waals surface area contributed by atoms with Gasteiger partial charge in [-0.2, -0.15) is 0 Å². The quantitative estimate of drug-likeness (QED) is 0.884. The molecule has 2 aromatic rings. The smallest absolute Gasteiger partial charge is 0.261 e. The third-order valence-corrected chi connectivity index (χ3v) is 3.49. The molecule has 0 unspecified atom stereocenters. The van der Waals surface area contributed by atoms with Gasteiger partial charge < -0.3 is 10.3 Å². The van der Waals surface area contributed by atoms with E-state index in [0.717, 1.165) is 29.7 Å². The lowest BCUT2D eigenvalue weighted by Gasteiger charge is -2.08. The van der Waals surface area contributed by atoms with Crippen LogP contribution in [0.2, 0.25) is 0 Å². The van der Waals surface area contributed by atoms with Crippen LogP contribution in [0.15, 0.2) is 41.2 Å². The Hall–Kier alpha value is -2.36. The zero-order valence-corrected chi connectivity index (χ0v) is 12.4. The number of aromatic amines is 1. The van der Waals surface area contributed by atoms with Crippen LogP contribution >= 0.6 is 0 Å². The number of pyridine rings is 1. The molecule has 1 aromatic heterocycles. The highest BCUT2D eigenvalue weighted by molar-refractivity contribution is 5.94. The van der Waals surface area contributed by atoms with Crippen LogP contribution in [0.1, 0.15) is 34.1 Å². The second-order valence-electron chi connectivity index (χ2n) is 5.02. The maximum Gasteiger partial charge on any atom is 0.261 e. The highest BCUT2D eigenvalue weighted by Gasteiger charge is 2.12. The summed E-state index contributed by atoms with van der Waals surface area (Å²) in [5, 5.41) is 2.79. The number of aromatic nitrogens is 1. The van der Waals surface area contributed by atoms with Crippen LogP contribution in [0.4, 0.5) is 0 Å². The third-order valence-electron chi connectivity index (χ3n) is 3.49. The molecule has 4 nitrogen and oxygen atoms in total. The first-order valence-corrected chi connectivity index (χ1v) is 7.16. The number of benzene rings is 1. The molecular formula is C17H20N2O2. The van der Waals surface area contributed by atoms with E-state index in [9.17, 15) is 9.59 Å². The van der Waals surface area contributed by atoms with Crippen LogP contribution in [0.25, 0.3) is 0 Å². The highest BCUT2D eigenvalue weighted by Crippen LogP contribution is 2.05. The molecule has 1 heterocycles. The topological polar surface area (TPSA) is 62.0 Å². The standard InChI is InChI=1S/C17H20N2O2/c1-3-15-12(2)11-14(17(21)19-15)16(20)18-10-9-13-7-5-4-6-8-13/h4-8,11H,3,9-10H2,1-2H3,(H,18,20)(H,19,21). The molecule has 0 aliphatic carbocycles. The van der Waals surface area contributed by atoms with Crippen molar-refractivity contribution in [1.82, 2.24) is 10.3 Å². The summed E-state index contributed by atoms with van der Waals surface area (Å²) in [6.07, 6.45) is 1.49. The van der Waals surface area contributed by atoms with Crippen molar-refractivity contribution in [1.29, 1.82) is 0 Å². The predicted molar refractivity (Wildman–Crippen MR) is 83.7 cm³/mol. The van der Waals surface area contributed by atoms with Crippen LogP contribution in [0.5, 0.6) is 0 Å². The molecule has 0 aliphatic heterocycles. The molecule has 0 radical (unpaired) electrons. The van der Waals surface area contributed by atoms with Crippen molar-refractivity contribution in [2.45, 2.75) is 26.7 Å². The van der Waals surface area contributed by atoms with E-state index in [1.54, 1.807) is 6.07 Å². The molecule has 1 amide bonds. The average molecular weight is 284 g/mol. The lowest BCUT2D eigenvalue weighted by molar-refractivity contribution is 0.0952. The van der Waals surface area contributed by atoms with E-state index in [4.69, 9.17) is 0 Å². The lowest BCUT2D eigenvalue weighted by atomic mass is 10.1. The predicted octanol–water partition coefficient (Wildman–Crippen LogP) is 2.22. The van der Waals surface area contributed by atoms with Crippen molar-refractivity contribution in [3.05, 3.63) is 69.1 Å². The van der Waals surface area contributed by atoms with Crippen molar-refractivity contribution < 1.29 is 4.79 Å². The van der Waals surface area contributed by atoms with Gasteiger partial charge in [0.05, 0.1) is 0 Å². The Kier molecular flexibility index (Phi) is 4.93. The van der Waals surface area contributed by atoms with Gasteiger partial charge in [0.15, 0.2) is 0 Å². The zero-order chi connectivity index (χ0) is 15.2. The number of rotatable bonds is 5. The molecule has 21 heavy (non-hydrogen) atoms. The number of hydrogen-bond donors (Lipinski definition) is 2. The number of aryl methyl sites for hydroxylation is 2. The molecule has 0 fully saturated rings. The average Bonchev–Trinajstić information content (AvgIpc) is 2.50. The van der Waals surface area contributed by atoms with E-state index in [1.807, 2.05) is 44.2 Å². The minimum atomic E-state index is -0.324. The van der Waals surface area contributed by atoms with Gasteiger partial charge in [-0.1, -0.05) is 37.3 Å². The Balaban J connectivity index is 2.01. The van der Waals surface area contributed by atoms with E-state index in [2.05, 4.69) is 10.3 Å². The first-order valence-electron chi connectivity index (χ1n) is 7.16. The summed E-state index contributed by atoms with van der Waals surface area (Å²) in [6, 6.07) is 11.6. The van der Waals surface area contributed by atoms with Gasteiger partial charge in [0.1, 0.15) is 5.56 Å². The van der Waals surface area contributed by atoms with Crippen molar-refractivity contribution in [2.24, 2.45) is 0 Å². The number of nitrogens with one attached hydrogen (secondary N) is 2. The maximum absolute atomic E-state index is 12.1. The number of carbonyl (C=O) groups excluding carboxylic acids is 1. The molecule has 110 valence electrons. The largest absolute Gasteiger partial charge is 0.352 e. The Bertz CT molecular complexity index is 675. The molecule has 1 aromatic carbocycles. The third kappa shape index (κ3) is 3.81. The fraction of sp³-hybridized carbons (Fsp3) is 0.294. The second kappa shape index (κ2) is 6.88. The summed E-state index contributed by atoms with van der Waals surface area (Å²) in [6.45, 7) is 4.38. The number of carbonyl (C=O) groups is 1. The number of amides is 1. The van der Waals surface area contributed by atoms with Crippen LogP contribution in [0, 0.1) is 6.92 Å². The maximum atomic E-state index is 12.1. The van der Waals surface area contributed by atoms with Gasteiger partial charge >= 0.3 is 0 Å². The fourth-order valence-electron chi connectivity index (χ4n) is 2.27. The Morgan fingerprint density at radius 2 is 1.95 bits per heavy atom. The summed E-state index contributed by atoms with van der Waals surface area (Å²) in [7, 11) is 0. The molecule has 2 rings (SSSR count). The van der Waals surface area contributed by atoms with Gasteiger partial charge in [0, 0.05) is 12.2 Å². The summed E-state index contributed by atoms with van der Waals surface area (Å²) in [5.74, 6) is -0.321. The second-order valence-corrected chi connectivity index (χ2v) is 5.02. The SMILES string of the molecule is CCc1[nH]c(=O)c(C(=O)NCCc2ccccc2)cc1C. The summed E-state index contributed by atoms with van der Waals surface area (Å²) in [4.78, 5) is 26.8. The Morgan fingerprint density at radius 3 is 2.62 bits per heavy atom. The number of H-pyrrole nitrogens is 1. The molecule has 0 aliphatic rings. The van der Waals surface area contributed by atoms with E-state index in [1.165, 1.54) is 0 Å². The van der Waals surface area contributed by atoms with E-state index >= 15 is 0 Å². The molecule has 2 N–H and O–H groups in total. The van der Waals surface area contributed by atoms with Gasteiger partial charge in [-0.15, -0.1) is 0 Å². The van der Waals surface area contributed by atoms with Gasteiger partial charge in [0.25, 0.3) is 11.5 Å². The van der Waals surface area contributed by atoms with Crippen LogP contribution < -0.4 is 10.9 Å². The van der Waals surface area contributed by atoms with Crippen molar-refractivity contribution in [3.8, 4) is 0 Å². The normalized spacial score (nSPS) is 10.4. The summed E-state index contributed by atoms with van der Waals surface area (Å²) >= 11 is 0. The van der Waals surface area contributed by atoms with Gasteiger partial charge in [-0.05, 0) is 37.0 Å². The highest BCUT2D eigenvalue weighted by atomic mass is 16.2. The van der Waals surface area contributed by atoms with E-state index in [0.29, 0.717) is 6.54 Å². The zero-order valence-electron chi connectivity index (χ0n) is 12.4. The van der Waals surface area contributed by atoms with Crippen molar-refractivity contribution in [2.75, 3.05) is 6.54 Å². The Labute approximate surface area is 124 Å². The summed E-state index contributed by atoms with van der Waals surface area (Å²) in [5.41, 5.74) is 2.82. The monoisotopic (exact) mass is 284 g/mol. The van der Waals surface area contributed by atoms with Gasteiger partial charge in [-0.25, -0.2) is 0 Å².